The van der Waals surface area contributed by atoms with Gasteiger partial charge in [-0.3, -0.25) is 10.1 Å². The summed E-state index contributed by atoms with van der Waals surface area (Å²) >= 11 is 0. The maximum absolute atomic E-state index is 7.17. The van der Waals surface area contributed by atoms with E-state index < -0.39 is 7.32 Å². The molecule has 0 radical (unpaired) electrons. The van der Waals surface area contributed by atoms with Crippen LogP contribution in [-0.2, 0) is 0 Å². The Hall–Kier alpha value is -1.51. The molecule has 2 aliphatic heterocycles. The Kier molecular flexibility index (Phi) is 3.32. The van der Waals surface area contributed by atoms with Crippen molar-refractivity contribution in [3.8, 4) is 11.4 Å². The molecule has 0 saturated heterocycles. The van der Waals surface area contributed by atoms with E-state index in [9.17, 15) is 0 Å². The van der Waals surface area contributed by atoms with E-state index in [2.05, 4.69) is 20.4 Å². The van der Waals surface area contributed by atoms with E-state index >= 15 is 0 Å². The first-order valence-corrected chi connectivity index (χ1v) is 3.35. The highest BCUT2D eigenvalue weighted by Gasteiger charge is 2.00. The number of nitrogens with zero attached hydrogens (tertiary/aromatic N) is 3. The lowest BCUT2D eigenvalue weighted by Gasteiger charge is -1.89. The maximum Gasteiger partial charge on any atom is 0.631 e. The van der Waals surface area contributed by atoms with E-state index in [0.29, 0.717) is 0 Å². The minimum Gasteiger partial charge on any atom is -0.402 e. The molecule has 8 heteroatoms. The van der Waals surface area contributed by atoms with Gasteiger partial charge in [0.05, 0.1) is 11.9 Å². The molecule has 0 aromatic carbocycles. The second kappa shape index (κ2) is 4.50. The average Bonchev–Trinajstić information content (AvgIpc) is 2.49. The number of hydrogen-bond acceptors (Lipinski definition) is 6. The van der Waals surface area contributed by atoms with Crippen molar-refractivity contribution in [2.45, 2.75) is 0 Å². The Balaban J connectivity index is 0.000000184. The van der Waals surface area contributed by atoms with Crippen LogP contribution >= 0.6 is 0 Å². The Bertz CT molecular complexity index is 298. The first-order chi connectivity index (χ1) is 6.20. The van der Waals surface area contributed by atoms with Gasteiger partial charge in [-0.1, -0.05) is 5.21 Å². The molecule has 0 bridgehead atoms. The Morgan fingerprint density at radius 2 is 2.00 bits per heavy atom. The zero-order valence-electron chi connectivity index (χ0n) is 6.49. The van der Waals surface area contributed by atoms with E-state index in [1.54, 1.807) is 12.4 Å². The van der Waals surface area contributed by atoms with Crippen molar-refractivity contribution in [2.75, 3.05) is 0 Å². The summed E-state index contributed by atoms with van der Waals surface area (Å²) in [5.74, 6) is 0. The van der Waals surface area contributed by atoms with Crippen molar-refractivity contribution in [1.29, 1.82) is 0 Å². The van der Waals surface area contributed by atoms with Crippen molar-refractivity contribution >= 4 is 7.32 Å². The summed E-state index contributed by atoms with van der Waals surface area (Å²) in [5.41, 5.74) is 1.77. The molecule has 0 aromatic rings. The molecule has 4 N–H and O–H groups in total. The molecule has 0 aliphatic carbocycles. The monoisotopic (exact) mass is 182 g/mol. The van der Waals surface area contributed by atoms with Gasteiger partial charge in [0.25, 0.3) is 0 Å². The van der Waals surface area contributed by atoms with Crippen LogP contribution in [-0.4, -0.2) is 42.8 Å². The number of aromatic amines is 1. The van der Waals surface area contributed by atoms with E-state index in [0.717, 1.165) is 11.4 Å². The molecule has 13 heavy (non-hydrogen) atoms. The normalized spacial score (nSPS) is 9.15. The third-order valence-electron chi connectivity index (χ3n) is 1.14. The summed E-state index contributed by atoms with van der Waals surface area (Å²) in [7, 11) is -2.17. The van der Waals surface area contributed by atoms with Crippen LogP contribution in [0, 0.1) is 0 Å². The van der Waals surface area contributed by atoms with Crippen LogP contribution < -0.4 is 0 Å². The molecular weight excluding hydrogens is 175 g/mol. The molecule has 0 aromatic heterocycles. The van der Waals surface area contributed by atoms with Gasteiger partial charge in [-0.15, -0.1) is 5.10 Å². The van der Waals surface area contributed by atoms with Crippen LogP contribution in [0.25, 0.3) is 11.4 Å². The van der Waals surface area contributed by atoms with Gasteiger partial charge in [0.1, 0.15) is 5.69 Å². The van der Waals surface area contributed by atoms with Crippen LogP contribution in [0.5, 0.6) is 0 Å². The molecule has 0 amide bonds. The largest absolute Gasteiger partial charge is 0.631 e. The maximum atomic E-state index is 7.17. The molecule has 68 valence electrons. The van der Waals surface area contributed by atoms with Gasteiger partial charge in [-0.05, 0) is 6.07 Å². The summed E-state index contributed by atoms with van der Waals surface area (Å²) in [4.78, 5) is 3.98. The van der Waals surface area contributed by atoms with E-state index in [4.69, 9.17) is 15.1 Å². The number of nitrogens with one attached hydrogen (secondary N) is 1. The van der Waals surface area contributed by atoms with Crippen LogP contribution in [0.4, 0.5) is 0 Å². The number of aromatic nitrogens is 4. The Morgan fingerprint density at radius 1 is 1.31 bits per heavy atom. The van der Waals surface area contributed by atoms with Gasteiger partial charge in [-0.2, -0.15) is 0 Å². The molecule has 0 unspecified atom stereocenters. The Labute approximate surface area is 73.6 Å². The van der Waals surface area contributed by atoms with Gasteiger partial charge >= 0.3 is 7.32 Å². The van der Waals surface area contributed by atoms with Crippen molar-refractivity contribution in [3.05, 3.63) is 18.5 Å². The SMILES string of the molecule is OB(O)O.c1cc2[nH]nncc-2n1. The van der Waals surface area contributed by atoms with Crippen LogP contribution in [0.3, 0.4) is 0 Å². The second-order valence-corrected chi connectivity index (χ2v) is 2.05. The fourth-order valence-corrected chi connectivity index (χ4v) is 0.711. The van der Waals surface area contributed by atoms with Crippen molar-refractivity contribution in [3.63, 3.8) is 0 Å². The summed E-state index contributed by atoms with van der Waals surface area (Å²) in [6.07, 6.45) is 3.33. The van der Waals surface area contributed by atoms with Crippen LogP contribution in [0.2, 0.25) is 0 Å². The third kappa shape index (κ3) is 3.15. The second-order valence-electron chi connectivity index (χ2n) is 2.05. The van der Waals surface area contributed by atoms with Gasteiger partial charge in [-0.25, -0.2) is 0 Å². The number of fused-ring (bicyclic) bond motifs is 1. The molecule has 2 rings (SSSR count). The molecule has 0 atom stereocenters. The molecule has 7 nitrogen and oxygen atoms in total. The lowest BCUT2D eigenvalue weighted by atomic mass is 10.3. The predicted octanol–water partition coefficient (Wildman–Crippen LogP) is -1.75. The van der Waals surface area contributed by atoms with Gasteiger partial charge < -0.3 is 15.1 Å². The minimum atomic E-state index is -2.17. The van der Waals surface area contributed by atoms with Crippen LogP contribution in [0.15, 0.2) is 18.5 Å². The van der Waals surface area contributed by atoms with Crippen molar-refractivity contribution in [2.24, 2.45) is 0 Å². The van der Waals surface area contributed by atoms with E-state index in [-0.39, 0.29) is 0 Å². The highest BCUT2D eigenvalue weighted by molar-refractivity contribution is 6.30. The van der Waals surface area contributed by atoms with E-state index in [1.165, 1.54) is 0 Å². The van der Waals surface area contributed by atoms with Gasteiger partial charge in [0.15, 0.2) is 0 Å². The summed E-state index contributed by atoms with van der Waals surface area (Å²) in [6.45, 7) is 0. The van der Waals surface area contributed by atoms with Crippen LogP contribution in [0.1, 0.15) is 0 Å². The molecular formula is C5H7BN4O3. The topological polar surface area (TPSA) is 115 Å². The quantitative estimate of drug-likeness (QED) is 0.359. The number of hydrogen-bond donors (Lipinski definition) is 4. The number of H-pyrrole nitrogens is 1. The predicted molar refractivity (Wildman–Crippen MR) is 43.2 cm³/mol. The van der Waals surface area contributed by atoms with E-state index in [1.807, 2.05) is 6.07 Å². The first kappa shape index (κ1) is 9.58. The fraction of sp³-hybridized carbons (Fsp3) is 0. The zero-order chi connectivity index (χ0) is 9.68. The van der Waals surface area contributed by atoms with Gasteiger partial charge in [0, 0.05) is 6.20 Å². The fourth-order valence-electron chi connectivity index (χ4n) is 0.711. The standard InChI is InChI=1S/C5H4N4.BH3O3/c1-2-6-5-3-7-9-8-4(1)5;2-1(3)4/h1-3H,(H,7,8);2-4H. The van der Waals surface area contributed by atoms with Gasteiger partial charge in [0.2, 0.25) is 0 Å². The zero-order valence-corrected chi connectivity index (χ0v) is 6.49. The lowest BCUT2D eigenvalue weighted by Crippen LogP contribution is -2.07. The molecule has 2 heterocycles. The third-order valence-corrected chi connectivity index (χ3v) is 1.14. The lowest BCUT2D eigenvalue weighted by molar-refractivity contribution is 0.278. The first-order valence-electron chi connectivity index (χ1n) is 3.35. The molecule has 0 fully saturated rings. The molecule has 2 aliphatic rings. The molecule has 0 spiro atoms. The average molecular weight is 182 g/mol. The minimum absolute atomic E-state index is 0.852. The highest BCUT2D eigenvalue weighted by Crippen LogP contribution is 2.11. The summed E-state index contributed by atoms with van der Waals surface area (Å²) in [6, 6.07) is 1.85. The van der Waals surface area contributed by atoms with Crippen molar-refractivity contribution < 1.29 is 15.1 Å². The summed E-state index contributed by atoms with van der Waals surface area (Å²) < 4.78 is 0. The highest BCUT2D eigenvalue weighted by atomic mass is 16.5. The van der Waals surface area contributed by atoms with Crippen molar-refractivity contribution in [1.82, 2.24) is 20.4 Å². The number of rotatable bonds is 0. The summed E-state index contributed by atoms with van der Waals surface area (Å²) in [5, 5.41) is 31.4. The molecule has 0 saturated carbocycles. The smallest absolute Gasteiger partial charge is 0.402 e. The Morgan fingerprint density at radius 3 is 2.62 bits per heavy atom.